The Morgan fingerprint density at radius 2 is 1.54 bits per heavy atom. The average molecular weight is 349 g/mol. The molecule has 0 radical (unpaired) electrons. The molecule has 134 valence electrons. The number of ether oxygens (including phenoxy) is 2. The van der Waals surface area contributed by atoms with Crippen LogP contribution < -0.4 is 9.47 Å². The third-order valence-electron chi connectivity index (χ3n) is 4.12. The van der Waals surface area contributed by atoms with Gasteiger partial charge in [-0.05, 0) is 47.5 Å². The Bertz CT molecular complexity index is 768. The quantitative estimate of drug-likeness (QED) is 0.621. The Labute approximate surface area is 154 Å². The lowest BCUT2D eigenvalue weighted by molar-refractivity contribution is 0.244. The number of benzene rings is 1. The summed E-state index contributed by atoms with van der Waals surface area (Å²) in [5.41, 5.74) is 3.42. The number of hydrogen-bond acceptors (Lipinski definition) is 5. The first-order chi connectivity index (χ1) is 12.8. The van der Waals surface area contributed by atoms with Crippen molar-refractivity contribution in [2.24, 2.45) is 0 Å². The monoisotopic (exact) mass is 349 g/mol. The summed E-state index contributed by atoms with van der Waals surface area (Å²) in [5, 5.41) is 0. The van der Waals surface area contributed by atoms with Gasteiger partial charge in [-0.2, -0.15) is 0 Å². The molecule has 0 unspecified atom stereocenters. The van der Waals surface area contributed by atoms with Crippen LogP contribution in [0.5, 0.6) is 11.5 Å². The van der Waals surface area contributed by atoms with Gasteiger partial charge in [0.25, 0.3) is 0 Å². The van der Waals surface area contributed by atoms with Gasteiger partial charge in [0, 0.05) is 38.2 Å². The van der Waals surface area contributed by atoms with Gasteiger partial charge in [-0.15, -0.1) is 0 Å². The van der Waals surface area contributed by atoms with E-state index in [9.17, 15) is 0 Å². The number of nitrogens with zero attached hydrogens (tertiary/aromatic N) is 3. The highest BCUT2D eigenvalue weighted by Crippen LogP contribution is 2.28. The van der Waals surface area contributed by atoms with Crippen molar-refractivity contribution in [1.82, 2.24) is 14.9 Å². The van der Waals surface area contributed by atoms with E-state index in [0.717, 1.165) is 42.4 Å². The van der Waals surface area contributed by atoms with Crippen molar-refractivity contribution >= 4 is 0 Å². The Kier molecular flexibility index (Phi) is 6.17. The number of rotatable bonds is 8. The predicted octanol–water partition coefficient (Wildman–Crippen LogP) is 3.70. The maximum absolute atomic E-state index is 5.43. The molecule has 0 aliphatic heterocycles. The van der Waals surface area contributed by atoms with Gasteiger partial charge < -0.3 is 9.47 Å². The zero-order chi connectivity index (χ0) is 18.2. The summed E-state index contributed by atoms with van der Waals surface area (Å²) in [6.45, 7) is 2.35. The topological polar surface area (TPSA) is 47.5 Å². The summed E-state index contributed by atoms with van der Waals surface area (Å²) < 4.78 is 10.8. The standard InChI is InChI=1S/C21H23N3O2/c1-25-20-7-6-18(13-21(20)26-2)15-24(14-17-8-11-22-12-9-17)16-19-5-3-4-10-23-19/h3-13H,14-16H2,1-2H3. The first-order valence-corrected chi connectivity index (χ1v) is 8.50. The Morgan fingerprint density at radius 1 is 0.769 bits per heavy atom. The van der Waals surface area contributed by atoms with E-state index in [-0.39, 0.29) is 0 Å². The molecule has 2 aromatic heterocycles. The fourth-order valence-electron chi connectivity index (χ4n) is 2.87. The summed E-state index contributed by atoms with van der Waals surface area (Å²) in [4.78, 5) is 10.9. The van der Waals surface area contributed by atoms with Gasteiger partial charge in [0.2, 0.25) is 0 Å². The lowest BCUT2D eigenvalue weighted by atomic mass is 10.1. The van der Waals surface area contributed by atoms with E-state index in [2.05, 4.69) is 20.9 Å². The summed E-state index contributed by atoms with van der Waals surface area (Å²) >= 11 is 0. The van der Waals surface area contributed by atoms with E-state index in [4.69, 9.17) is 9.47 Å². The van der Waals surface area contributed by atoms with Crippen molar-refractivity contribution in [3.8, 4) is 11.5 Å². The van der Waals surface area contributed by atoms with Gasteiger partial charge in [-0.1, -0.05) is 12.1 Å². The van der Waals surface area contributed by atoms with Crippen molar-refractivity contribution in [2.45, 2.75) is 19.6 Å². The molecule has 0 atom stereocenters. The highest BCUT2D eigenvalue weighted by molar-refractivity contribution is 5.42. The maximum atomic E-state index is 5.43. The fraction of sp³-hybridized carbons (Fsp3) is 0.238. The molecule has 0 amide bonds. The van der Waals surface area contributed by atoms with Crippen molar-refractivity contribution in [3.05, 3.63) is 83.9 Å². The number of pyridine rings is 2. The number of methoxy groups -OCH3 is 2. The fourth-order valence-corrected chi connectivity index (χ4v) is 2.87. The molecular formula is C21H23N3O2. The van der Waals surface area contributed by atoms with Crippen LogP contribution in [0.15, 0.2) is 67.1 Å². The van der Waals surface area contributed by atoms with Crippen LogP contribution in [0.2, 0.25) is 0 Å². The van der Waals surface area contributed by atoms with E-state index < -0.39 is 0 Å². The SMILES string of the molecule is COc1ccc(CN(Cc2ccncc2)Cc2ccccn2)cc1OC. The third kappa shape index (κ3) is 4.80. The minimum absolute atomic E-state index is 0.738. The highest BCUT2D eigenvalue weighted by Gasteiger charge is 2.11. The summed E-state index contributed by atoms with van der Waals surface area (Å²) in [5.74, 6) is 1.48. The van der Waals surface area contributed by atoms with Crippen molar-refractivity contribution in [1.29, 1.82) is 0 Å². The highest BCUT2D eigenvalue weighted by atomic mass is 16.5. The zero-order valence-corrected chi connectivity index (χ0v) is 15.1. The molecule has 0 aliphatic carbocycles. The molecule has 1 aromatic carbocycles. The molecule has 0 fully saturated rings. The van der Waals surface area contributed by atoms with Crippen molar-refractivity contribution in [3.63, 3.8) is 0 Å². The van der Waals surface area contributed by atoms with Gasteiger partial charge in [-0.3, -0.25) is 14.9 Å². The molecule has 0 spiro atoms. The minimum Gasteiger partial charge on any atom is -0.493 e. The molecule has 0 N–H and O–H groups in total. The molecule has 3 rings (SSSR count). The molecule has 3 aromatic rings. The summed E-state index contributed by atoms with van der Waals surface area (Å²) in [7, 11) is 3.30. The van der Waals surface area contributed by atoms with Gasteiger partial charge in [-0.25, -0.2) is 0 Å². The molecule has 5 nitrogen and oxygen atoms in total. The first kappa shape index (κ1) is 17.9. The zero-order valence-electron chi connectivity index (χ0n) is 15.1. The van der Waals surface area contributed by atoms with E-state index in [0.29, 0.717) is 0 Å². The van der Waals surface area contributed by atoms with Gasteiger partial charge in [0.05, 0.1) is 19.9 Å². The molecule has 5 heteroatoms. The lowest BCUT2D eigenvalue weighted by Gasteiger charge is -2.23. The molecule has 2 heterocycles. The van der Waals surface area contributed by atoms with Crippen LogP contribution in [0.3, 0.4) is 0 Å². The van der Waals surface area contributed by atoms with E-state index in [1.165, 1.54) is 5.56 Å². The van der Waals surface area contributed by atoms with Crippen LogP contribution in [-0.2, 0) is 19.6 Å². The first-order valence-electron chi connectivity index (χ1n) is 8.50. The molecule has 26 heavy (non-hydrogen) atoms. The Morgan fingerprint density at radius 3 is 2.23 bits per heavy atom. The Balaban J connectivity index is 1.80. The van der Waals surface area contributed by atoms with Crippen molar-refractivity contribution < 1.29 is 9.47 Å². The van der Waals surface area contributed by atoms with Crippen molar-refractivity contribution in [2.75, 3.05) is 14.2 Å². The third-order valence-corrected chi connectivity index (χ3v) is 4.12. The van der Waals surface area contributed by atoms with Crippen LogP contribution >= 0.6 is 0 Å². The van der Waals surface area contributed by atoms with Gasteiger partial charge in [0.1, 0.15) is 0 Å². The van der Waals surface area contributed by atoms with Gasteiger partial charge >= 0.3 is 0 Å². The number of hydrogen-bond donors (Lipinski definition) is 0. The lowest BCUT2D eigenvalue weighted by Crippen LogP contribution is -2.23. The second-order valence-electron chi connectivity index (χ2n) is 6.01. The van der Waals surface area contributed by atoms with E-state index in [1.54, 1.807) is 14.2 Å². The summed E-state index contributed by atoms with van der Waals surface area (Å²) in [6, 6.07) is 16.1. The smallest absolute Gasteiger partial charge is 0.161 e. The minimum atomic E-state index is 0.738. The molecule has 0 aliphatic rings. The average Bonchev–Trinajstić information content (AvgIpc) is 2.69. The summed E-state index contributed by atoms with van der Waals surface area (Å²) in [6.07, 6.45) is 5.48. The largest absolute Gasteiger partial charge is 0.493 e. The second kappa shape index (κ2) is 8.97. The van der Waals surface area contributed by atoms with Crippen LogP contribution in [0.25, 0.3) is 0 Å². The van der Waals surface area contributed by atoms with E-state index in [1.807, 2.05) is 61.1 Å². The van der Waals surface area contributed by atoms with Crippen LogP contribution in [0.1, 0.15) is 16.8 Å². The van der Waals surface area contributed by atoms with Crippen LogP contribution in [0.4, 0.5) is 0 Å². The Hall–Kier alpha value is -2.92. The molecule has 0 bridgehead atoms. The normalized spacial score (nSPS) is 10.7. The van der Waals surface area contributed by atoms with Crippen LogP contribution in [0, 0.1) is 0 Å². The molecular weight excluding hydrogens is 326 g/mol. The maximum Gasteiger partial charge on any atom is 0.161 e. The van der Waals surface area contributed by atoms with Crippen LogP contribution in [-0.4, -0.2) is 29.1 Å². The van der Waals surface area contributed by atoms with Gasteiger partial charge in [0.15, 0.2) is 11.5 Å². The predicted molar refractivity (Wildman–Crippen MR) is 101 cm³/mol. The number of aromatic nitrogens is 2. The molecule has 0 saturated heterocycles. The van der Waals surface area contributed by atoms with E-state index >= 15 is 0 Å². The molecule has 0 saturated carbocycles. The second-order valence-corrected chi connectivity index (χ2v) is 6.01.